The summed E-state index contributed by atoms with van der Waals surface area (Å²) in [6.45, 7) is 11.1. The van der Waals surface area contributed by atoms with E-state index in [1.807, 2.05) is 0 Å². The van der Waals surface area contributed by atoms with Crippen LogP contribution in [-0.4, -0.2) is 0 Å². The van der Waals surface area contributed by atoms with Gasteiger partial charge in [0, 0.05) is 0 Å². The van der Waals surface area contributed by atoms with E-state index in [1.54, 1.807) is 0 Å². The molecule has 1 spiro atoms. The average molecular weight is 569 g/mol. The van der Waals surface area contributed by atoms with Crippen LogP contribution < -0.4 is 0 Å². The summed E-state index contributed by atoms with van der Waals surface area (Å²) >= 11 is 0. The van der Waals surface area contributed by atoms with E-state index < -0.39 is 0 Å². The number of rotatable bonds is 7. The maximum atomic E-state index is 4.28. The van der Waals surface area contributed by atoms with Crippen LogP contribution in [0.15, 0.2) is 145 Å². The maximum Gasteiger partial charge on any atom is 0.0655 e. The highest BCUT2D eigenvalue weighted by atomic mass is 14.5. The largest absolute Gasteiger partial charge is 0.0984 e. The summed E-state index contributed by atoms with van der Waals surface area (Å²) in [7, 11) is 0. The molecule has 0 amide bonds. The van der Waals surface area contributed by atoms with Gasteiger partial charge >= 0.3 is 0 Å². The lowest BCUT2D eigenvalue weighted by Gasteiger charge is -2.28. The molecule has 7 rings (SSSR count). The topological polar surface area (TPSA) is 0 Å². The van der Waals surface area contributed by atoms with Crippen LogP contribution in [0.5, 0.6) is 0 Å². The van der Waals surface area contributed by atoms with Gasteiger partial charge < -0.3 is 0 Å². The normalized spacial score (nSPS) is 18.8. The second kappa shape index (κ2) is 11.4. The van der Waals surface area contributed by atoms with Crippen LogP contribution in [-0.2, 0) is 11.8 Å². The Hall–Kier alpha value is -4.68. The van der Waals surface area contributed by atoms with E-state index in [0.29, 0.717) is 0 Å². The van der Waals surface area contributed by atoms with E-state index in [1.165, 1.54) is 77.9 Å². The summed E-state index contributed by atoms with van der Waals surface area (Å²) in [6, 6.07) is 33.9. The summed E-state index contributed by atoms with van der Waals surface area (Å²) < 4.78 is 0. The van der Waals surface area contributed by atoms with Gasteiger partial charge in [-0.25, -0.2) is 0 Å². The molecular weight excluding hydrogens is 528 g/mol. The third-order valence-electron chi connectivity index (χ3n) is 9.88. The Balaban J connectivity index is 1.22. The third kappa shape index (κ3) is 4.52. The first kappa shape index (κ1) is 28.1. The lowest BCUT2D eigenvalue weighted by molar-refractivity contribution is 0.812. The molecule has 1 atom stereocenters. The van der Waals surface area contributed by atoms with Crippen molar-refractivity contribution in [1.82, 2.24) is 0 Å². The van der Waals surface area contributed by atoms with Crippen LogP contribution >= 0.6 is 0 Å². The molecule has 0 bridgehead atoms. The number of fused-ring (bicyclic) bond motifs is 4. The third-order valence-corrected chi connectivity index (χ3v) is 9.88. The standard InChI is InChI=1S/C44H40/c1-5-33-29-44(42-22-11-9-20-39(33)42)41(36(6-2)40-21-10-12-23-43(40)44)24-14-17-32-16-13-18-34(28-32)35-25-26-38(31(4)27-35)37-19-8-7-15-30(37)3/h6,8-14,16,18-29H,2,5,7,15,17H2,1,3-4H3/b24-14-. The number of hydrogen-bond acceptors (Lipinski definition) is 0. The van der Waals surface area contributed by atoms with Crippen molar-refractivity contribution in [3.8, 4) is 11.1 Å². The molecule has 0 aliphatic heterocycles. The van der Waals surface area contributed by atoms with Crippen molar-refractivity contribution >= 4 is 16.7 Å². The number of aryl methyl sites for hydroxylation is 1. The fourth-order valence-electron chi connectivity index (χ4n) is 7.70. The molecule has 0 nitrogen and oxygen atoms in total. The quantitative estimate of drug-likeness (QED) is 0.208. The summed E-state index contributed by atoms with van der Waals surface area (Å²) in [5, 5.41) is 0. The van der Waals surface area contributed by atoms with Gasteiger partial charge in [-0.15, -0.1) is 0 Å². The van der Waals surface area contributed by atoms with E-state index in [9.17, 15) is 0 Å². The molecule has 0 saturated carbocycles. The van der Waals surface area contributed by atoms with Crippen LogP contribution in [0.2, 0.25) is 0 Å². The molecule has 216 valence electrons. The Morgan fingerprint density at radius 1 is 0.795 bits per heavy atom. The lowest BCUT2D eigenvalue weighted by atomic mass is 9.73. The number of hydrogen-bond donors (Lipinski definition) is 0. The van der Waals surface area contributed by atoms with Crippen LogP contribution in [0.25, 0.3) is 27.8 Å². The second-order valence-corrected chi connectivity index (χ2v) is 12.4. The van der Waals surface area contributed by atoms with Gasteiger partial charge in [0.1, 0.15) is 0 Å². The van der Waals surface area contributed by atoms with Gasteiger partial charge in [-0.05, 0) is 112 Å². The van der Waals surface area contributed by atoms with Crippen molar-refractivity contribution in [3.05, 3.63) is 184 Å². The molecule has 0 aromatic heterocycles. The van der Waals surface area contributed by atoms with E-state index in [4.69, 9.17) is 0 Å². The van der Waals surface area contributed by atoms with Gasteiger partial charge in [0.25, 0.3) is 0 Å². The average Bonchev–Trinajstić information content (AvgIpc) is 3.54. The second-order valence-electron chi connectivity index (χ2n) is 12.4. The minimum atomic E-state index is -0.277. The summed E-state index contributed by atoms with van der Waals surface area (Å²) in [6.07, 6.45) is 18.1. The molecule has 44 heavy (non-hydrogen) atoms. The van der Waals surface area contributed by atoms with Crippen molar-refractivity contribution in [1.29, 1.82) is 0 Å². The van der Waals surface area contributed by atoms with E-state index in [2.05, 4.69) is 155 Å². The Morgan fingerprint density at radius 2 is 1.55 bits per heavy atom. The molecule has 3 aliphatic carbocycles. The van der Waals surface area contributed by atoms with Crippen LogP contribution in [0.3, 0.4) is 0 Å². The fourth-order valence-corrected chi connectivity index (χ4v) is 7.70. The lowest BCUT2D eigenvalue weighted by Crippen LogP contribution is -2.23. The molecule has 0 N–H and O–H groups in total. The van der Waals surface area contributed by atoms with Crippen molar-refractivity contribution in [2.24, 2.45) is 0 Å². The van der Waals surface area contributed by atoms with Crippen molar-refractivity contribution in [3.63, 3.8) is 0 Å². The number of allylic oxidation sites excluding steroid dienone is 11. The predicted molar refractivity (Wildman–Crippen MR) is 189 cm³/mol. The highest BCUT2D eigenvalue weighted by molar-refractivity contribution is 5.95. The summed E-state index contributed by atoms with van der Waals surface area (Å²) in [4.78, 5) is 0. The molecule has 0 fully saturated rings. The highest BCUT2D eigenvalue weighted by Gasteiger charge is 2.47. The van der Waals surface area contributed by atoms with Crippen LogP contribution in [0, 0.1) is 6.92 Å². The Bertz CT molecular complexity index is 1950. The molecule has 0 saturated heterocycles. The van der Waals surface area contributed by atoms with Crippen molar-refractivity contribution in [2.75, 3.05) is 0 Å². The zero-order chi connectivity index (χ0) is 30.3. The minimum absolute atomic E-state index is 0.277. The van der Waals surface area contributed by atoms with Gasteiger partial charge in [0.2, 0.25) is 0 Å². The Labute approximate surface area is 263 Å². The van der Waals surface area contributed by atoms with Gasteiger partial charge in [0.15, 0.2) is 0 Å². The molecule has 4 aromatic carbocycles. The SMILES string of the molecule is C=CC1=C(/C=C\Cc2cccc(-c3ccc(C4=C(C)CCC=C4)c(C)c3)c2)C2(C=C(CC)c3ccccc32)c2ccccc21. The molecular formula is C44H40. The zero-order valence-corrected chi connectivity index (χ0v) is 26.2. The van der Waals surface area contributed by atoms with Crippen molar-refractivity contribution < 1.29 is 0 Å². The molecule has 0 radical (unpaired) electrons. The minimum Gasteiger partial charge on any atom is -0.0984 e. The molecule has 0 heterocycles. The number of benzene rings is 4. The molecule has 4 aromatic rings. The molecule has 3 aliphatic rings. The van der Waals surface area contributed by atoms with Gasteiger partial charge in [-0.3, -0.25) is 0 Å². The van der Waals surface area contributed by atoms with Gasteiger partial charge in [-0.1, -0.05) is 147 Å². The summed E-state index contributed by atoms with van der Waals surface area (Å²) in [5.41, 5.74) is 18.6. The zero-order valence-electron chi connectivity index (χ0n) is 26.2. The van der Waals surface area contributed by atoms with Crippen molar-refractivity contribution in [2.45, 2.75) is 51.9 Å². The van der Waals surface area contributed by atoms with Gasteiger partial charge in [0.05, 0.1) is 5.41 Å². The fraction of sp³-hybridized carbons (Fsp3) is 0.182. The smallest absolute Gasteiger partial charge is 0.0655 e. The van der Waals surface area contributed by atoms with Crippen LogP contribution in [0.1, 0.15) is 72.1 Å². The Kier molecular flexibility index (Phi) is 7.31. The monoisotopic (exact) mass is 568 g/mol. The maximum absolute atomic E-state index is 4.28. The first-order chi connectivity index (χ1) is 21.5. The summed E-state index contributed by atoms with van der Waals surface area (Å²) in [5.74, 6) is 0. The van der Waals surface area contributed by atoms with E-state index in [-0.39, 0.29) is 5.41 Å². The first-order valence-corrected chi connectivity index (χ1v) is 16.1. The molecule has 1 unspecified atom stereocenters. The van der Waals surface area contributed by atoms with Gasteiger partial charge in [-0.2, -0.15) is 0 Å². The molecule has 0 heteroatoms. The predicted octanol–water partition coefficient (Wildman–Crippen LogP) is 11.6. The van der Waals surface area contributed by atoms with Crippen LogP contribution in [0.4, 0.5) is 0 Å². The van der Waals surface area contributed by atoms with E-state index >= 15 is 0 Å². The Morgan fingerprint density at radius 3 is 2.30 bits per heavy atom. The van der Waals surface area contributed by atoms with E-state index in [0.717, 1.165) is 25.7 Å². The highest BCUT2D eigenvalue weighted by Crippen LogP contribution is 2.57. The first-order valence-electron chi connectivity index (χ1n) is 16.1.